The van der Waals surface area contributed by atoms with Crippen LogP contribution in [0.4, 0.5) is 4.79 Å². The largest absolute Gasteiger partial charge is 0.497 e. The Balaban J connectivity index is 2.02. The Hall–Kier alpha value is -2.08. The molecule has 1 fully saturated rings. The van der Waals surface area contributed by atoms with Crippen LogP contribution in [0.1, 0.15) is 24.4 Å². The van der Waals surface area contributed by atoms with Gasteiger partial charge < -0.3 is 10.5 Å². The molecule has 1 heterocycles. The van der Waals surface area contributed by atoms with Gasteiger partial charge in [-0.05, 0) is 37.1 Å². The molecule has 0 spiro atoms. The van der Waals surface area contributed by atoms with E-state index in [0.29, 0.717) is 0 Å². The van der Waals surface area contributed by atoms with Crippen LogP contribution in [0.25, 0.3) is 0 Å². The second-order valence-electron chi connectivity index (χ2n) is 4.81. The van der Waals surface area contributed by atoms with Gasteiger partial charge in [0, 0.05) is 6.04 Å². The van der Waals surface area contributed by atoms with E-state index in [0.717, 1.165) is 30.7 Å². The van der Waals surface area contributed by atoms with Gasteiger partial charge >= 0.3 is 6.03 Å². The molecule has 0 bridgehead atoms. The molecule has 1 aliphatic rings. The second-order valence-corrected chi connectivity index (χ2v) is 4.81. The highest BCUT2D eigenvalue weighted by molar-refractivity contribution is 5.94. The third-order valence-electron chi connectivity index (χ3n) is 3.47. The highest BCUT2D eigenvalue weighted by atomic mass is 16.5. The minimum Gasteiger partial charge on any atom is -0.497 e. The highest BCUT2D eigenvalue weighted by Gasteiger charge is 2.27. The number of benzene rings is 1. The highest BCUT2D eigenvalue weighted by Crippen LogP contribution is 2.32. The molecule has 1 aromatic rings. The predicted octanol–water partition coefficient (Wildman–Crippen LogP) is 1.03. The normalized spacial score (nSPS) is 18.8. The number of urea groups is 1. The molecule has 3 N–H and O–H groups in total. The summed E-state index contributed by atoms with van der Waals surface area (Å²) in [4.78, 5) is 24.3. The van der Waals surface area contributed by atoms with Crippen LogP contribution < -0.4 is 15.8 Å². The Labute approximate surface area is 117 Å². The zero-order chi connectivity index (χ0) is 14.5. The van der Waals surface area contributed by atoms with E-state index in [-0.39, 0.29) is 18.5 Å². The molecule has 6 heteroatoms. The van der Waals surface area contributed by atoms with E-state index in [9.17, 15) is 9.59 Å². The first-order valence-corrected chi connectivity index (χ1v) is 6.57. The first-order valence-electron chi connectivity index (χ1n) is 6.57. The first-order chi connectivity index (χ1) is 9.60. The summed E-state index contributed by atoms with van der Waals surface area (Å²) in [5, 5.41) is 2.10. The maximum Gasteiger partial charge on any atom is 0.318 e. The van der Waals surface area contributed by atoms with Crippen molar-refractivity contribution in [2.45, 2.75) is 18.9 Å². The molecule has 0 radical (unpaired) electrons. The number of carbonyl (C=O) groups excluding carboxylic acids is 2. The molecule has 1 saturated heterocycles. The number of amides is 3. The van der Waals surface area contributed by atoms with Crippen molar-refractivity contribution in [2.75, 3.05) is 20.2 Å². The maximum atomic E-state index is 11.6. The molecular weight excluding hydrogens is 258 g/mol. The monoisotopic (exact) mass is 277 g/mol. The second kappa shape index (κ2) is 6.38. The fourth-order valence-corrected chi connectivity index (χ4v) is 2.58. The number of nitrogens with zero attached hydrogens (tertiary/aromatic N) is 1. The number of methoxy groups -OCH3 is 1. The predicted molar refractivity (Wildman–Crippen MR) is 74.3 cm³/mol. The molecule has 0 aliphatic carbocycles. The van der Waals surface area contributed by atoms with Gasteiger partial charge in [-0.2, -0.15) is 0 Å². The quantitative estimate of drug-likeness (QED) is 0.860. The summed E-state index contributed by atoms with van der Waals surface area (Å²) in [6.45, 7) is 1.02. The van der Waals surface area contributed by atoms with E-state index >= 15 is 0 Å². The number of hydrogen-bond donors (Lipinski definition) is 2. The minimum atomic E-state index is -0.810. The molecule has 108 valence electrons. The average Bonchev–Trinajstić information content (AvgIpc) is 2.86. The van der Waals surface area contributed by atoms with Crippen LogP contribution in [0.15, 0.2) is 24.3 Å². The Morgan fingerprint density at radius 2 is 2.10 bits per heavy atom. The standard InChI is InChI=1S/C14H19N3O3/c1-20-11-6-4-10(5-7-11)12-3-2-8-17(12)9-13(18)16-14(15)19/h4-7,12H,2-3,8-9H2,1H3,(H3,15,16,18,19). The molecule has 20 heavy (non-hydrogen) atoms. The summed E-state index contributed by atoms with van der Waals surface area (Å²) in [6, 6.07) is 7.22. The lowest BCUT2D eigenvalue weighted by molar-refractivity contribution is -0.121. The van der Waals surface area contributed by atoms with E-state index in [1.807, 2.05) is 24.3 Å². The van der Waals surface area contributed by atoms with Gasteiger partial charge in [0.2, 0.25) is 5.91 Å². The van der Waals surface area contributed by atoms with Crippen molar-refractivity contribution in [3.05, 3.63) is 29.8 Å². The van der Waals surface area contributed by atoms with Crippen molar-refractivity contribution in [1.82, 2.24) is 10.2 Å². The van der Waals surface area contributed by atoms with Crippen molar-refractivity contribution in [2.24, 2.45) is 5.73 Å². The van der Waals surface area contributed by atoms with Gasteiger partial charge in [0.1, 0.15) is 5.75 Å². The van der Waals surface area contributed by atoms with E-state index in [1.54, 1.807) is 7.11 Å². The number of ether oxygens (including phenoxy) is 1. The Bertz CT molecular complexity index is 487. The molecular formula is C14H19N3O3. The molecule has 1 aromatic carbocycles. The molecule has 6 nitrogen and oxygen atoms in total. The summed E-state index contributed by atoms with van der Waals surface area (Å²) in [7, 11) is 1.63. The van der Waals surface area contributed by atoms with Gasteiger partial charge in [0.25, 0.3) is 0 Å². The molecule has 1 aliphatic heterocycles. The van der Waals surface area contributed by atoms with E-state index in [1.165, 1.54) is 0 Å². The Morgan fingerprint density at radius 3 is 2.70 bits per heavy atom. The van der Waals surface area contributed by atoms with Gasteiger partial charge in [-0.3, -0.25) is 15.0 Å². The fourth-order valence-electron chi connectivity index (χ4n) is 2.58. The van der Waals surface area contributed by atoms with E-state index in [2.05, 4.69) is 10.2 Å². The molecule has 2 rings (SSSR count). The summed E-state index contributed by atoms with van der Waals surface area (Å²) < 4.78 is 5.14. The smallest absolute Gasteiger partial charge is 0.318 e. The van der Waals surface area contributed by atoms with Crippen molar-refractivity contribution >= 4 is 11.9 Å². The van der Waals surface area contributed by atoms with Gasteiger partial charge in [-0.25, -0.2) is 4.79 Å². The van der Waals surface area contributed by atoms with Crippen LogP contribution >= 0.6 is 0 Å². The Kier molecular flexibility index (Phi) is 4.57. The van der Waals surface area contributed by atoms with Crippen molar-refractivity contribution in [3.63, 3.8) is 0 Å². The molecule has 1 atom stereocenters. The third-order valence-corrected chi connectivity index (χ3v) is 3.47. The SMILES string of the molecule is COc1ccc(C2CCCN2CC(=O)NC(N)=O)cc1. The summed E-state index contributed by atoms with van der Waals surface area (Å²) in [6.07, 6.45) is 2.02. The van der Waals surface area contributed by atoms with Crippen molar-refractivity contribution < 1.29 is 14.3 Å². The summed E-state index contributed by atoms with van der Waals surface area (Å²) in [5.41, 5.74) is 6.09. The lowest BCUT2D eigenvalue weighted by Crippen LogP contribution is -2.42. The lowest BCUT2D eigenvalue weighted by atomic mass is 10.0. The van der Waals surface area contributed by atoms with E-state index in [4.69, 9.17) is 10.5 Å². The van der Waals surface area contributed by atoms with Gasteiger partial charge in [-0.1, -0.05) is 12.1 Å². The topological polar surface area (TPSA) is 84.7 Å². The number of imide groups is 1. The van der Waals surface area contributed by atoms with Gasteiger partial charge in [0.15, 0.2) is 0 Å². The van der Waals surface area contributed by atoms with Crippen LogP contribution in [0.2, 0.25) is 0 Å². The van der Waals surface area contributed by atoms with Gasteiger partial charge in [0.05, 0.1) is 13.7 Å². The number of hydrogen-bond acceptors (Lipinski definition) is 4. The minimum absolute atomic E-state index is 0.180. The van der Waals surface area contributed by atoms with Crippen LogP contribution in [0, 0.1) is 0 Å². The Morgan fingerprint density at radius 1 is 1.40 bits per heavy atom. The fraction of sp³-hybridized carbons (Fsp3) is 0.429. The zero-order valence-electron chi connectivity index (χ0n) is 11.5. The number of likely N-dealkylation sites (tertiary alicyclic amines) is 1. The molecule has 0 aromatic heterocycles. The molecule has 1 unspecified atom stereocenters. The molecule has 0 saturated carbocycles. The van der Waals surface area contributed by atoms with Crippen LogP contribution in [-0.2, 0) is 4.79 Å². The zero-order valence-corrected chi connectivity index (χ0v) is 11.5. The third kappa shape index (κ3) is 3.48. The average molecular weight is 277 g/mol. The van der Waals surface area contributed by atoms with Crippen LogP contribution in [0.3, 0.4) is 0 Å². The molecule has 3 amide bonds. The summed E-state index contributed by atoms with van der Waals surface area (Å²) in [5.74, 6) is 0.447. The number of rotatable bonds is 4. The lowest BCUT2D eigenvalue weighted by Gasteiger charge is -2.24. The number of nitrogens with one attached hydrogen (secondary N) is 1. The number of carbonyl (C=O) groups is 2. The van der Waals surface area contributed by atoms with Crippen LogP contribution in [-0.4, -0.2) is 37.0 Å². The van der Waals surface area contributed by atoms with Crippen LogP contribution in [0.5, 0.6) is 5.75 Å². The first kappa shape index (κ1) is 14.3. The number of nitrogens with two attached hydrogens (primary N) is 1. The van der Waals surface area contributed by atoms with Gasteiger partial charge in [-0.15, -0.1) is 0 Å². The van der Waals surface area contributed by atoms with E-state index < -0.39 is 6.03 Å². The van der Waals surface area contributed by atoms with Crippen molar-refractivity contribution in [1.29, 1.82) is 0 Å². The maximum absolute atomic E-state index is 11.6. The van der Waals surface area contributed by atoms with Crippen molar-refractivity contribution in [3.8, 4) is 5.75 Å². The summed E-state index contributed by atoms with van der Waals surface area (Å²) >= 11 is 0. The number of primary amides is 1.